The van der Waals surface area contributed by atoms with E-state index in [1.807, 2.05) is 48.5 Å². The smallest absolute Gasteiger partial charge is 0.229 e. The molecule has 0 amide bonds. The topological polar surface area (TPSA) is 119 Å². The van der Waals surface area contributed by atoms with Crippen LogP contribution in [-0.2, 0) is 9.84 Å². The van der Waals surface area contributed by atoms with Gasteiger partial charge in [-0.25, -0.2) is 13.4 Å². The van der Waals surface area contributed by atoms with Gasteiger partial charge in [0.05, 0.1) is 36.0 Å². The molecule has 10 nitrogen and oxygen atoms in total. The number of methoxy groups -OCH3 is 1. The summed E-state index contributed by atoms with van der Waals surface area (Å²) in [5.74, 6) is 2.87. The fraction of sp³-hybridized carbons (Fsp3) is 0.321. The van der Waals surface area contributed by atoms with Crippen LogP contribution in [0.3, 0.4) is 0 Å². The van der Waals surface area contributed by atoms with Gasteiger partial charge in [0.15, 0.2) is 21.3 Å². The minimum Gasteiger partial charge on any atom is -0.493 e. The zero-order chi connectivity index (χ0) is 26.8. The first-order valence-electron chi connectivity index (χ1n) is 13.0. The van der Waals surface area contributed by atoms with Crippen LogP contribution in [0.2, 0.25) is 0 Å². The Balaban J connectivity index is 1.07. The van der Waals surface area contributed by atoms with Gasteiger partial charge in [0.1, 0.15) is 11.9 Å². The lowest BCUT2D eigenvalue weighted by molar-refractivity contribution is 0.0198. The molecule has 6 rings (SSSR count). The molecule has 2 aliphatic rings. The lowest BCUT2D eigenvalue weighted by atomic mass is 9.87. The van der Waals surface area contributed by atoms with Crippen molar-refractivity contribution in [1.82, 2.24) is 19.9 Å². The van der Waals surface area contributed by atoms with Gasteiger partial charge < -0.3 is 20.1 Å². The SMILES string of the molecule is COc1cc(Nc2nccc(Nc3cnc4ccccc4c3)n2)ccc1OC1CC(N2CCS(=O)(=O)CC2)C1. The lowest BCUT2D eigenvalue weighted by Crippen LogP contribution is -2.54. The van der Waals surface area contributed by atoms with Crippen molar-refractivity contribution in [2.45, 2.75) is 25.0 Å². The molecule has 2 aromatic heterocycles. The zero-order valence-electron chi connectivity index (χ0n) is 21.6. The Labute approximate surface area is 227 Å². The number of pyridine rings is 1. The molecule has 1 saturated heterocycles. The fourth-order valence-electron chi connectivity index (χ4n) is 4.95. The third-order valence-electron chi connectivity index (χ3n) is 7.20. The Bertz CT molecular complexity index is 1580. The van der Waals surface area contributed by atoms with Gasteiger partial charge in [0.2, 0.25) is 5.95 Å². The number of ether oxygens (including phenoxy) is 2. The van der Waals surface area contributed by atoms with Crippen LogP contribution >= 0.6 is 0 Å². The molecule has 0 atom stereocenters. The summed E-state index contributed by atoms with van der Waals surface area (Å²) in [6, 6.07) is 17.8. The number of benzene rings is 2. The highest BCUT2D eigenvalue weighted by Crippen LogP contribution is 2.36. The highest BCUT2D eigenvalue weighted by molar-refractivity contribution is 7.91. The number of sulfone groups is 1. The lowest BCUT2D eigenvalue weighted by Gasteiger charge is -2.44. The second kappa shape index (κ2) is 10.7. The summed E-state index contributed by atoms with van der Waals surface area (Å²) in [6.07, 6.45) is 5.30. The summed E-state index contributed by atoms with van der Waals surface area (Å²) < 4.78 is 35.2. The molecule has 0 unspecified atom stereocenters. The van der Waals surface area contributed by atoms with Crippen molar-refractivity contribution < 1.29 is 17.9 Å². The van der Waals surface area contributed by atoms with E-state index in [0.29, 0.717) is 42.4 Å². The minimum absolute atomic E-state index is 0.0805. The van der Waals surface area contributed by atoms with Gasteiger partial charge in [0, 0.05) is 55.3 Å². The van der Waals surface area contributed by atoms with E-state index in [1.165, 1.54) is 0 Å². The second-order valence-corrected chi connectivity index (χ2v) is 12.2. The Morgan fingerprint density at radius 2 is 1.74 bits per heavy atom. The van der Waals surface area contributed by atoms with E-state index in [1.54, 1.807) is 25.6 Å². The molecule has 1 aliphatic carbocycles. The van der Waals surface area contributed by atoms with Crippen LogP contribution in [0.4, 0.5) is 23.1 Å². The number of aromatic nitrogens is 3. The van der Waals surface area contributed by atoms with Crippen molar-refractivity contribution in [1.29, 1.82) is 0 Å². The van der Waals surface area contributed by atoms with Crippen molar-refractivity contribution in [2.75, 3.05) is 42.3 Å². The zero-order valence-corrected chi connectivity index (χ0v) is 22.4. The average Bonchev–Trinajstić information content (AvgIpc) is 2.91. The van der Waals surface area contributed by atoms with Crippen LogP contribution in [0, 0.1) is 0 Å². The molecule has 3 heterocycles. The normalized spacial score (nSPS) is 20.6. The molecule has 202 valence electrons. The van der Waals surface area contributed by atoms with Gasteiger partial charge in [-0.3, -0.25) is 9.88 Å². The predicted molar refractivity (Wildman–Crippen MR) is 151 cm³/mol. The van der Waals surface area contributed by atoms with E-state index in [-0.39, 0.29) is 17.6 Å². The second-order valence-electron chi connectivity index (χ2n) is 9.85. The Morgan fingerprint density at radius 1 is 0.923 bits per heavy atom. The number of hydrogen-bond donors (Lipinski definition) is 2. The third-order valence-corrected chi connectivity index (χ3v) is 8.81. The molecule has 1 saturated carbocycles. The van der Waals surface area contributed by atoms with Crippen molar-refractivity contribution >= 4 is 43.9 Å². The molecule has 0 spiro atoms. The van der Waals surface area contributed by atoms with Crippen LogP contribution < -0.4 is 20.1 Å². The fourth-order valence-corrected chi connectivity index (χ4v) is 6.18. The monoisotopic (exact) mass is 546 g/mol. The molecule has 0 bridgehead atoms. The highest BCUT2D eigenvalue weighted by atomic mass is 32.2. The Hall–Kier alpha value is -3.96. The summed E-state index contributed by atoms with van der Waals surface area (Å²) >= 11 is 0. The van der Waals surface area contributed by atoms with Gasteiger partial charge in [-0.1, -0.05) is 18.2 Å². The number of nitrogens with one attached hydrogen (secondary N) is 2. The molecular formula is C28H30N6O4S. The van der Waals surface area contributed by atoms with Gasteiger partial charge in [-0.05, 0) is 30.3 Å². The molecule has 1 aliphatic heterocycles. The van der Waals surface area contributed by atoms with Crippen molar-refractivity contribution in [3.05, 3.63) is 67.0 Å². The summed E-state index contributed by atoms with van der Waals surface area (Å²) in [4.78, 5) is 15.7. The number of nitrogens with zero attached hydrogens (tertiary/aromatic N) is 4. The number of anilines is 4. The van der Waals surface area contributed by atoms with Gasteiger partial charge >= 0.3 is 0 Å². The molecule has 2 N–H and O–H groups in total. The molecule has 0 radical (unpaired) electrons. The van der Waals surface area contributed by atoms with Crippen LogP contribution in [0.25, 0.3) is 10.9 Å². The third kappa shape index (κ3) is 5.89. The quantitative estimate of drug-likeness (QED) is 0.333. The van der Waals surface area contributed by atoms with E-state index in [4.69, 9.17) is 9.47 Å². The summed E-state index contributed by atoms with van der Waals surface area (Å²) in [5, 5.41) is 7.56. The molecule has 11 heteroatoms. The van der Waals surface area contributed by atoms with Gasteiger partial charge in [-0.15, -0.1) is 0 Å². The molecule has 39 heavy (non-hydrogen) atoms. The largest absolute Gasteiger partial charge is 0.493 e. The van der Waals surface area contributed by atoms with E-state index < -0.39 is 9.84 Å². The van der Waals surface area contributed by atoms with Crippen molar-refractivity contribution in [3.8, 4) is 11.5 Å². The van der Waals surface area contributed by atoms with Gasteiger partial charge in [0.25, 0.3) is 0 Å². The minimum atomic E-state index is -2.87. The Morgan fingerprint density at radius 3 is 2.56 bits per heavy atom. The first-order valence-corrected chi connectivity index (χ1v) is 14.8. The number of fused-ring (bicyclic) bond motifs is 1. The predicted octanol–water partition coefficient (Wildman–Crippen LogP) is 4.16. The first-order chi connectivity index (χ1) is 18.9. The average molecular weight is 547 g/mol. The summed E-state index contributed by atoms with van der Waals surface area (Å²) in [6.45, 7) is 1.22. The van der Waals surface area contributed by atoms with Crippen LogP contribution in [0.1, 0.15) is 12.8 Å². The maximum absolute atomic E-state index is 11.7. The Kier molecular flexibility index (Phi) is 6.92. The highest BCUT2D eigenvalue weighted by Gasteiger charge is 2.37. The maximum Gasteiger partial charge on any atom is 0.229 e. The van der Waals surface area contributed by atoms with Gasteiger partial charge in [-0.2, -0.15) is 4.98 Å². The summed E-state index contributed by atoms with van der Waals surface area (Å²) in [7, 11) is -1.25. The maximum atomic E-state index is 11.7. The summed E-state index contributed by atoms with van der Waals surface area (Å²) in [5.41, 5.74) is 2.54. The number of para-hydroxylation sites is 1. The van der Waals surface area contributed by atoms with Crippen molar-refractivity contribution in [3.63, 3.8) is 0 Å². The molecule has 2 aromatic carbocycles. The molecule has 2 fully saturated rings. The number of hydrogen-bond acceptors (Lipinski definition) is 10. The van der Waals surface area contributed by atoms with Crippen LogP contribution in [0.5, 0.6) is 11.5 Å². The van der Waals surface area contributed by atoms with E-state index in [0.717, 1.165) is 35.1 Å². The molecule has 4 aromatic rings. The van der Waals surface area contributed by atoms with Crippen LogP contribution in [0.15, 0.2) is 67.0 Å². The van der Waals surface area contributed by atoms with E-state index >= 15 is 0 Å². The number of rotatable bonds is 8. The van der Waals surface area contributed by atoms with Crippen molar-refractivity contribution in [2.24, 2.45) is 0 Å². The standard InChI is InChI=1S/C28H30N6O4S/c1-37-26-15-20(6-7-25(26)38-23-16-22(17-23)34-10-12-39(35,36)13-11-34)32-28-29-9-8-27(33-28)31-21-14-19-4-2-3-5-24(19)30-18-21/h2-9,14-15,18,22-23H,10-13,16-17H2,1H3,(H2,29,31,32,33). The van der Waals surface area contributed by atoms with E-state index in [9.17, 15) is 8.42 Å². The van der Waals surface area contributed by atoms with Crippen LogP contribution in [-0.4, -0.2) is 72.1 Å². The van der Waals surface area contributed by atoms with E-state index in [2.05, 4.69) is 30.5 Å². The molecular weight excluding hydrogens is 516 g/mol. The first kappa shape index (κ1) is 25.3.